The Morgan fingerprint density at radius 1 is 1.08 bits per heavy atom. The molecule has 0 amide bonds. The van der Waals surface area contributed by atoms with Crippen LogP contribution in [0.4, 0.5) is 11.4 Å². The van der Waals surface area contributed by atoms with E-state index in [2.05, 4.69) is 10.6 Å². The Kier molecular flexibility index (Phi) is 12.4. The van der Waals surface area contributed by atoms with Crippen molar-refractivity contribution in [1.29, 1.82) is 0 Å². The summed E-state index contributed by atoms with van der Waals surface area (Å²) in [7, 11) is -4.42. The van der Waals surface area contributed by atoms with E-state index in [1.165, 1.54) is 12.1 Å². The van der Waals surface area contributed by atoms with Crippen molar-refractivity contribution in [3.05, 3.63) is 52.6 Å². The molecule has 2 aromatic rings. The summed E-state index contributed by atoms with van der Waals surface area (Å²) in [6.07, 6.45) is 0. The normalized spacial score (nSPS) is 10.1. The first-order valence-electron chi connectivity index (χ1n) is 5.93. The molecule has 2 aromatic carbocycles. The van der Waals surface area contributed by atoms with E-state index in [-0.39, 0.29) is 132 Å². The maximum atomic E-state index is 11.3. The number of halogens is 1. The van der Waals surface area contributed by atoms with E-state index in [1.807, 2.05) is 18.2 Å². The molecule has 6 nitrogen and oxygen atoms in total. The number of nitrogens with one attached hydrogen (secondary N) is 3. The Morgan fingerprint density at radius 2 is 1.67 bits per heavy atom. The fourth-order valence-electron chi connectivity index (χ4n) is 1.71. The van der Waals surface area contributed by atoms with E-state index in [4.69, 9.17) is 29.0 Å². The SMILES string of the molecule is [NH-]S(=O)(=O)c1c(Cl)ccc(NC(=S)Nc2ccccc2)c1O.[Rb+].[Rb+]. The molecule has 0 spiro atoms. The minimum Gasteiger partial charge on any atom is -0.560 e. The van der Waals surface area contributed by atoms with Gasteiger partial charge in [0.15, 0.2) is 10.9 Å². The average molecular weight is 528 g/mol. The van der Waals surface area contributed by atoms with Crippen LogP contribution in [-0.2, 0) is 10.0 Å². The Hall–Kier alpha value is 1.74. The third kappa shape index (κ3) is 7.40. The summed E-state index contributed by atoms with van der Waals surface area (Å²) >= 11 is 10.8. The number of phenolic OH excluding ortho intramolecular Hbond substituents is 1. The number of thiocarbonyl (C=S) groups is 1. The van der Waals surface area contributed by atoms with Gasteiger partial charge in [0.25, 0.3) is 0 Å². The van der Waals surface area contributed by atoms with Gasteiger partial charge in [-0.1, -0.05) is 29.8 Å². The molecule has 0 atom stereocenters. The van der Waals surface area contributed by atoms with Gasteiger partial charge >= 0.3 is 116 Å². The molecule has 0 fully saturated rings. The van der Waals surface area contributed by atoms with Gasteiger partial charge in [0.1, 0.15) is 14.9 Å². The van der Waals surface area contributed by atoms with Crippen LogP contribution in [0.15, 0.2) is 47.4 Å². The van der Waals surface area contributed by atoms with Gasteiger partial charge in [-0.05, 0) is 36.5 Å². The van der Waals surface area contributed by atoms with Crippen LogP contribution >= 0.6 is 23.8 Å². The van der Waals surface area contributed by atoms with Crippen molar-refractivity contribution in [3.8, 4) is 5.75 Å². The second-order valence-electron chi connectivity index (χ2n) is 4.22. The number of benzene rings is 2. The number of rotatable bonds is 3. The number of anilines is 2. The van der Waals surface area contributed by atoms with Crippen molar-refractivity contribution < 1.29 is 130 Å². The molecular formula is C13H11ClN3O3Rb2S2+. The quantitative estimate of drug-likeness (QED) is 0.304. The molecule has 0 aliphatic rings. The molecule has 0 heterocycles. The molecule has 2 rings (SSSR count). The molecule has 24 heavy (non-hydrogen) atoms. The van der Waals surface area contributed by atoms with E-state index in [0.717, 1.165) is 5.69 Å². The van der Waals surface area contributed by atoms with E-state index >= 15 is 0 Å². The fourth-order valence-corrected chi connectivity index (χ4v) is 3.08. The Labute approximate surface area is 248 Å². The number of aromatic hydroxyl groups is 1. The number of phenols is 1. The van der Waals surface area contributed by atoms with Crippen LogP contribution in [0.25, 0.3) is 5.14 Å². The van der Waals surface area contributed by atoms with E-state index in [9.17, 15) is 13.5 Å². The van der Waals surface area contributed by atoms with Gasteiger partial charge in [-0.2, -0.15) is 0 Å². The minimum atomic E-state index is -4.42. The zero-order valence-electron chi connectivity index (χ0n) is 13.0. The molecule has 0 saturated heterocycles. The van der Waals surface area contributed by atoms with Crippen molar-refractivity contribution in [3.63, 3.8) is 0 Å². The molecule has 0 aliphatic heterocycles. The maximum absolute atomic E-state index is 11.3. The van der Waals surface area contributed by atoms with Crippen molar-refractivity contribution in [2.45, 2.75) is 4.90 Å². The number of sulfonamides is 1. The first-order chi connectivity index (χ1) is 10.3. The van der Waals surface area contributed by atoms with Crippen LogP contribution in [0, 0.1) is 0 Å². The summed E-state index contributed by atoms with van der Waals surface area (Å²) < 4.78 is 22.7. The Bertz CT molecular complexity index is 821. The summed E-state index contributed by atoms with van der Waals surface area (Å²) in [5.74, 6) is -0.653. The summed E-state index contributed by atoms with van der Waals surface area (Å²) in [5, 5.41) is 22.5. The van der Waals surface area contributed by atoms with Crippen LogP contribution in [0.2, 0.25) is 5.02 Å². The molecule has 4 N–H and O–H groups in total. The molecule has 11 heteroatoms. The first-order valence-corrected chi connectivity index (χ1v) is 8.20. The van der Waals surface area contributed by atoms with Gasteiger partial charge in [-0.15, -0.1) is 0 Å². The predicted molar refractivity (Wildman–Crippen MR) is 90.9 cm³/mol. The van der Waals surface area contributed by atoms with Gasteiger partial charge in [-0.25, -0.2) is 8.42 Å². The van der Waals surface area contributed by atoms with Crippen molar-refractivity contribution in [2.75, 3.05) is 10.6 Å². The molecular weight excluding hydrogens is 517 g/mol. The molecule has 0 aromatic heterocycles. The third-order valence-corrected chi connectivity index (χ3v) is 4.21. The van der Waals surface area contributed by atoms with Gasteiger partial charge in [0.05, 0.1) is 10.7 Å². The molecule has 0 aliphatic carbocycles. The zero-order valence-corrected chi connectivity index (χ0v) is 25.2. The fraction of sp³-hybridized carbons (Fsp3) is 0. The molecule has 0 radical (unpaired) electrons. The topological polar surface area (TPSA) is 102 Å². The van der Waals surface area contributed by atoms with E-state index in [0.29, 0.717) is 0 Å². The average Bonchev–Trinajstić information content (AvgIpc) is 2.42. The summed E-state index contributed by atoms with van der Waals surface area (Å²) in [6.45, 7) is 0. The molecule has 0 unspecified atom stereocenters. The Morgan fingerprint density at radius 3 is 2.21 bits per heavy atom. The van der Waals surface area contributed by atoms with Gasteiger partial charge in [0.2, 0.25) is 0 Å². The van der Waals surface area contributed by atoms with Crippen LogP contribution in [0.1, 0.15) is 0 Å². The third-order valence-electron chi connectivity index (χ3n) is 2.63. The molecule has 0 bridgehead atoms. The summed E-state index contributed by atoms with van der Waals surface area (Å²) in [6, 6.07) is 11.7. The smallest absolute Gasteiger partial charge is 0.560 e. The summed E-state index contributed by atoms with van der Waals surface area (Å²) in [4.78, 5) is -0.665. The van der Waals surface area contributed by atoms with Crippen LogP contribution in [0.5, 0.6) is 5.75 Å². The maximum Gasteiger partial charge on any atom is 1.00 e. The van der Waals surface area contributed by atoms with Crippen molar-refractivity contribution in [2.24, 2.45) is 0 Å². The predicted octanol–water partition coefficient (Wildman–Crippen LogP) is -2.40. The van der Waals surface area contributed by atoms with Gasteiger partial charge in [-0.3, -0.25) is 0 Å². The van der Waals surface area contributed by atoms with E-state index < -0.39 is 20.7 Å². The number of para-hydroxylation sites is 1. The second-order valence-corrected chi connectivity index (χ2v) is 6.45. The van der Waals surface area contributed by atoms with Crippen LogP contribution < -0.4 is 127 Å². The number of hydrogen-bond donors (Lipinski definition) is 3. The largest absolute Gasteiger partial charge is 1.00 e. The monoisotopic (exact) mass is 526 g/mol. The molecule has 116 valence electrons. The van der Waals surface area contributed by atoms with Crippen LogP contribution in [-0.4, -0.2) is 18.6 Å². The summed E-state index contributed by atoms with van der Waals surface area (Å²) in [5.41, 5.74) is 0.755. The molecule has 0 saturated carbocycles. The van der Waals surface area contributed by atoms with Gasteiger partial charge in [0, 0.05) is 5.69 Å². The van der Waals surface area contributed by atoms with Crippen molar-refractivity contribution >= 4 is 50.3 Å². The second kappa shape index (κ2) is 11.6. The standard InChI is InChI=1S/C13H12ClN3O3S2.2Rb/c14-9-6-7-10(11(18)12(9)22(15,19)20)17-13(21)16-8-4-2-1-3-5-8;;/h1-7H,(H5,15,16,17,18,19,20,21);;/q;2*+1/p-1. The van der Waals surface area contributed by atoms with Gasteiger partial charge < -0.3 is 20.9 Å². The zero-order chi connectivity index (χ0) is 16.3. The number of hydrogen-bond acceptors (Lipinski definition) is 4. The van der Waals surface area contributed by atoms with E-state index in [1.54, 1.807) is 12.1 Å². The van der Waals surface area contributed by atoms with Crippen molar-refractivity contribution in [1.82, 2.24) is 0 Å². The Balaban J connectivity index is 0.00000264. The minimum absolute atomic E-state index is 0. The first kappa shape index (κ1) is 25.7. The van der Waals surface area contributed by atoms with Crippen LogP contribution in [0.3, 0.4) is 0 Å².